The lowest BCUT2D eigenvalue weighted by Gasteiger charge is -2.31. The number of benzene rings is 1. The third-order valence-electron chi connectivity index (χ3n) is 3.65. The Hall–Kier alpha value is -1.76. The van der Waals surface area contributed by atoms with E-state index in [4.69, 9.17) is 0 Å². The van der Waals surface area contributed by atoms with Gasteiger partial charge in [0.15, 0.2) is 17.5 Å². The summed E-state index contributed by atoms with van der Waals surface area (Å²) in [5.41, 5.74) is 2.95. The second-order valence-electron chi connectivity index (χ2n) is 5.36. The molecule has 0 heterocycles. The highest BCUT2D eigenvalue weighted by Crippen LogP contribution is 2.30. The van der Waals surface area contributed by atoms with Crippen LogP contribution in [0.15, 0.2) is 12.1 Å². The highest BCUT2D eigenvalue weighted by atomic mass is 19.2. The van der Waals surface area contributed by atoms with Gasteiger partial charge in [0.05, 0.1) is 17.7 Å². The van der Waals surface area contributed by atoms with Crippen molar-refractivity contribution in [3.8, 4) is 0 Å². The summed E-state index contributed by atoms with van der Waals surface area (Å²) < 4.78 is 39.1. The molecule has 0 unspecified atom stereocenters. The number of amides is 1. The summed E-state index contributed by atoms with van der Waals surface area (Å²) in [6.45, 7) is 0. The number of anilines is 1. The number of hydrogen-bond acceptors (Lipinski definition) is 3. The molecule has 1 saturated carbocycles. The Morgan fingerprint density at radius 2 is 1.81 bits per heavy atom. The molecule has 3 N–H and O–H groups in total. The number of carbonyl (C=O) groups excluding carboxylic acids is 1. The van der Waals surface area contributed by atoms with E-state index in [9.17, 15) is 23.1 Å². The van der Waals surface area contributed by atoms with Gasteiger partial charge in [0.25, 0.3) is 0 Å². The van der Waals surface area contributed by atoms with Crippen molar-refractivity contribution in [2.24, 2.45) is 0 Å². The normalized spacial score (nSPS) is 17.3. The Balaban J connectivity index is 1.91. The lowest BCUT2D eigenvalue weighted by atomic mass is 9.82. The lowest BCUT2D eigenvalue weighted by Crippen LogP contribution is -2.40. The number of halogens is 3. The van der Waals surface area contributed by atoms with Gasteiger partial charge in [0.1, 0.15) is 0 Å². The maximum atomic E-state index is 13.4. The van der Waals surface area contributed by atoms with Crippen molar-refractivity contribution in [3.05, 3.63) is 29.6 Å². The lowest BCUT2D eigenvalue weighted by molar-refractivity contribution is -0.126. The molecule has 21 heavy (non-hydrogen) atoms. The Morgan fingerprint density at radius 1 is 1.14 bits per heavy atom. The van der Waals surface area contributed by atoms with Gasteiger partial charge in [-0.1, -0.05) is 19.3 Å². The smallest absolute Gasteiger partial charge is 0.241 e. The molecule has 0 atom stereocenters. The maximum Gasteiger partial charge on any atom is 0.241 e. The summed E-state index contributed by atoms with van der Waals surface area (Å²) in [5.74, 6) is -4.86. The van der Waals surface area contributed by atoms with E-state index in [1.807, 2.05) is 0 Å². The van der Waals surface area contributed by atoms with Gasteiger partial charge in [-0.3, -0.25) is 15.6 Å². The van der Waals surface area contributed by atoms with E-state index in [-0.39, 0.29) is 12.1 Å². The van der Waals surface area contributed by atoms with E-state index in [2.05, 4.69) is 10.9 Å². The monoisotopic (exact) mass is 302 g/mol. The van der Waals surface area contributed by atoms with E-state index in [1.54, 1.807) is 0 Å². The highest BCUT2D eigenvalue weighted by molar-refractivity contribution is 5.78. The zero-order valence-electron chi connectivity index (χ0n) is 11.4. The minimum absolute atomic E-state index is 0.120. The molecule has 0 radical (unpaired) electrons. The zero-order valence-corrected chi connectivity index (χ0v) is 11.4. The van der Waals surface area contributed by atoms with Crippen LogP contribution in [0.5, 0.6) is 0 Å². The predicted octanol–water partition coefficient (Wildman–Crippen LogP) is 2.63. The Kier molecular flexibility index (Phi) is 4.72. The highest BCUT2D eigenvalue weighted by Gasteiger charge is 2.31. The van der Waals surface area contributed by atoms with E-state index < -0.39 is 29.0 Å². The fraction of sp³-hybridized carbons (Fsp3) is 0.500. The van der Waals surface area contributed by atoms with E-state index in [1.165, 1.54) is 0 Å². The third-order valence-corrected chi connectivity index (χ3v) is 3.65. The minimum Gasteiger partial charge on any atom is -0.389 e. The molecule has 1 aromatic carbocycles. The van der Waals surface area contributed by atoms with Gasteiger partial charge in [-0.25, -0.2) is 13.2 Å². The van der Waals surface area contributed by atoms with Crippen LogP contribution in [-0.4, -0.2) is 16.6 Å². The fourth-order valence-electron chi connectivity index (χ4n) is 2.49. The molecule has 1 aromatic rings. The van der Waals surface area contributed by atoms with Crippen LogP contribution in [0.1, 0.15) is 38.5 Å². The number of rotatable bonds is 4. The molecule has 0 saturated heterocycles. The summed E-state index contributed by atoms with van der Waals surface area (Å²) >= 11 is 0. The van der Waals surface area contributed by atoms with Crippen molar-refractivity contribution in [2.75, 3.05) is 5.43 Å². The average Bonchev–Trinajstić information content (AvgIpc) is 2.44. The van der Waals surface area contributed by atoms with Gasteiger partial charge in [0, 0.05) is 0 Å². The number of aliphatic hydroxyl groups is 1. The molecule has 0 bridgehead atoms. The second-order valence-corrected chi connectivity index (χ2v) is 5.36. The van der Waals surface area contributed by atoms with E-state index in [0.717, 1.165) is 31.4 Å². The molecule has 116 valence electrons. The van der Waals surface area contributed by atoms with Crippen LogP contribution in [0.25, 0.3) is 0 Å². The van der Waals surface area contributed by atoms with Crippen molar-refractivity contribution < 1.29 is 23.1 Å². The second kappa shape index (κ2) is 6.34. The topological polar surface area (TPSA) is 61.4 Å². The molecular formula is C14H17F3N2O2. The van der Waals surface area contributed by atoms with E-state index >= 15 is 0 Å². The Bertz CT molecular complexity index is 531. The molecular weight excluding hydrogens is 285 g/mol. The number of carbonyl (C=O) groups is 1. The van der Waals surface area contributed by atoms with Crippen molar-refractivity contribution >= 4 is 11.6 Å². The first kappa shape index (κ1) is 15.6. The van der Waals surface area contributed by atoms with Crippen molar-refractivity contribution in [1.29, 1.82) is 0 Å². The van der Waals surface area contributed by atoms with Gasteiger partial charge in [-0.05, 0) is 25.0 Å². The molecule has 0 aromatic heterocycles. The van der Waals surface area contributed by atoms with Crippen LogP contribution in [0.2, 0.25) is 0 Å². The first-order chi connectivity index (χ1) is 9.91. The molecule has 0 spiro atoms. The first-order valence-electron chi connectivity index (χ1n) is 6.82. The molecule has 4 nitrogen and oxygen atoms in total. The Morgan fingerprint density at radius 3 is 2.48 bits per heavy atom. The third kappa shape index (κ3) is 3.87. The van der Waals surface area contributed by atoms with Gasteiger partial charge < -0.3 is 5.11 Å². The average molecular weight is 302 g/mol. The zero-order chi connectivity index (χ0) is 15.5. The van der Waals surface area contributed by atoms with Gasteiger partial charge >= 0.3 is 0 Å². The van der Waals surface area contributed by atoms with Crippen LogP contribution >= 0.6 is 0 Å². The van der Waals surface area contributed by atoms with E-state index in [0.29, 0.717) is 12.8 Å². The summed E-state index contributed by atoms with van der Waals surface area (Å²) in [4.78, 5) is 11.7. The van der Waals surface area contributed by atoms with Gasteiger partial charge in [0.2, 0.25) is 5.91 Å². The summed E-state index contributed by atoms with van der Waals surface area (Å²) in [6, 6.07) is 1.73. The molecule has 1 aliphatic rings. The van der Waals surface area contributed by atoms with Crippen molar-refractivity contribution in [3.63, 3.8) is 0 Å². The van der Waals surface area contributed by atoms with Crippen molar-refractivity contribution in [2.45, 2.75) is 44.1 Å². The molecule has 1 amide bonds. The van der Waals surface area contributed by atoms with Crippen LogP contribution in [-0.2, 0) is 4.79 Å². The fourth-order valence-corrected chi connectivity index (χ4v) is 2.49. The Labute approximate surface area is 120 Å². The molecule has 1 fully saturated rings. The molecule has 0 aliphatic heterocycles. The van der Waals surface area contributed by atoms with Crippen LogP contribution in [0.3, 0.4) is 0 Å². The predicted molar refractivity (Wildman–Crippen MR) is 70.7 cm³/mol. The van der Waals surface area contributed by atoms with Crippen LogP contribution in [0.4, 0.5) is 18.9 Å². The standard InChI is InChI=1S/C14H17F3N2O2/c15-9-4-5-10(13(17)12(9)16)18-19-11(20)8-14(21)6-2-1-3-7-14/h4-5,18,21H,1-3,6-8H2,(H,19,20). The van der Waals surface area contributed by atoms with Crippen LogP contribution < -0.4 is 10.9 Å². The van der Waals surface area contributed by atoms with Crippen molar-refractivity contribution in [1.82, 2.24) is 5.43 Å². The quantitative estimate of drug-likeness (QED) is 0.592. The summed E-state index contributed by atoms with van der Waals surface area (Å²) in [7, 11) is 0. The SMILES string of the molecule is O=C(CC1(O)CCCCC1)NNc1ccc(F)c(F)c1F. The van der Waals surface area contributed by atoms with Gasteiger partial charge in [-0.2, -0.15) is 0 Å². The minimum atomic E-state index is -1.61. The van der Waals surface area contributed by atoms with Crippen LogP contribution in [0, 0.1) is 17.5 Å². The number of hydrazine groups is 1. The molecule has 7 heteroatoms. The molecule has 2 rings (SSSR count). The molecule has 1 aliphatic carbocycles. The maximum absolute atomic E-state index is 13.4. The number of nitrogens with one attached hydrogen (secondary N) is 2. The largest absolute Gasteiger partial charge is 0.389 e. The summed E-state index contributed by atoms with van der Waals surface area (Å²) in [5, 5.41) is 10.2. The van der Waals surface area contributed by atoms with Gasteiger partial charge in [-0.15, -0.1) is 0 Å². The number of hydrogen-bond donors (Lipinski definition) is 3. The summed E-state index contributed by atoms with van der Waals surface area (Å²) in [6.07, 6.45) is 3.71. The first-order valence-corrected chi connectivity index (χ1v) is 6.82.